The third-order valence-electron chi connectivity index (χ3n) is 5.11. The predicted octanol–water partition coefficient (Wildman–Crippen LogP) is 5.06. The maximum absolute atomic E-state index is 6.16. The average Bonchev–Trinajstić information content (AvgIpc) is 3.25. The van der Waals surface area contributed by atoms with E-state index in [1.807, 2.05) is 30.3 Å². The Labute approximate surface area is 158 Å². The molecule has 1 saturated heterocycles. The molecule has 4 rings (SSSR count). The van der Waals surface area contributed by atoms with Crippen molar-refractivity contribution in [2.45, 2.75) is 45.9 Å². The first-order chi connectivity index (χ1) is 12.6. The molecule has 0 spiro atoms. The van der Waals surface area contributed by atoms with Crippen molar-refractivity contribution < 1.29 is 9.47 Å². The Hall–Kier alpha value is -2.04. The number of fused-ring (bicyclic) bond motifs is 1. The summed E-state index contributed by atoms with van der Waals surface area (Å²) >= 11 is 6.16. The molecule has 136 valence electrons. The van der Waals surface area contributed by atoms with E-state index in [0.717, 1.165) is 54.2 Å². The van der Waals surface area contributed by atoms with Gasteiger partial charge in [-0.25, -0.2) is 4.98 Å². The third-order valence-corrected chi connectivity index (χ3v) is 5.35. The largest absolute Gasteiger partial charge is 0.485 e. The molecule has 1 atom stereocenters. The van der Waals surface area contributed by atoms with Crippen LogP contribution in [0.1, 0.15) is 29.8 Å². The van der Waals surface area contributed by atoms with Crippen molar-refractivity contribution in [1.29, 1.82) is 0 Å². The van der Waals surface area contributed by atoms with Gasteiger partial charge in [0.05, 0.1) is 23.7 Å². The molecule has 4 nitrogen and oxygen atoms in total. The molecule has 0 N–H and O–H groups in total. The Bertz CT molecular complexity index is 929. The second-order valence-electron chi connectivity index (χ2n) is 6.89. The Balaban J connectivity index is 1.65. The number of hydrogen-bond donors (Lipinski definition) is 0. The number of aryl methyl sites for hydroxylation is 1. The van der Waals surface area contributed by atoms with Gasteiger partial charge in [-0.2, -0.15) is 0 Å². The van der Waals surface area contributed by atoms with Crippen molar-refractivity contribution in [3.8, 4) is 5.75 Å². The minimum atomic E-state index is 0.238. The van der Waals surface area contributed by atoms with Crippen molar-refractivity contribution in [2.75, 3.05) is 6.61 Å². The number of benzene rings is 2. The van der Waals surface area contributed by atoms with Gasteiger partial charge in [0.25, 0.3) is 0 Å². The Morgan fingerprint density at radius 3 is 2.96 bits per heavy atom. The van der Waals surface area contributed by atoms with Gasteiger partial charge in [0, 0.05) is 11.6 Å². The lowest BCUT2D eigenvalue weighted by Gasteiger charge is -2.15. The summed E-state index contributed by atoms with van der Waals surface area (Å²) in [5.74, 6) is 1.80. The van der Waals surface area contributed by atoms with Gasteiger partial charge in [0.1, 0.15) is 18.2 Å². The number of rotatable bonds is 5. The summed E-state index contributed by atoms with van der Waals surface area (Å²) in [4.78, 5) is 4.78. The van der Waals surface area contributed by atoms with Crippen LogP contribution in [0.2, 0.25) is 5.02 Å². The summed E-state index contributed by atoms with van der Waals surface area (Å²) in [5.41, 5.74) is 4.36. The maximum Gasteiger partial charge on any atom is 0.148 e. The van der Waals surface area contributed by atoms with Gasteiger partial charge in [0.2, 0.25) is 0 Å². The quantitative estimate of drug-likeness (QED) is 0.629. The first-order valence-electron chi connectivity index (χ1n) is 9.07. The van der Waals surface area contributed by atoms with Gasteiger partial charge in [-0.3, -0.25) is 0 Å². The van der Waals surface area contributed by atoms with E-state index in [1.54, 1.807) is 0 Å². The van der Waals surface area contributed by atoms with Gasteiger partial charge in [-0.1, -0.05) is 23.7 Å². The zero-order chi connectivity index (χ0) is 18.1. The Kier molecular flexibility index (Phi) is 4.88. The number of imidazole rings is 1. The van der Waals surface area contributed by atoms with Crippen LogP contribution < -0.4 is 4.74 Å². The van der Waals surface area contributed by atoms with Gasteiger partial charge < -0.3 is 14.0 Å². The van der Waals surface area contributed by atoms with Crippen LogP contribution >= 0.6 is 11.6 Å². The summed E-state index contributed by atoms with van der Waals surface area (Å²) < 4.78 is 14.2. The minimum absolute atomic E-state index is 0.238. The van der Waals surface area contributed by atoms with Crippen LogP contribution in [-0.2, 0) is 17.9 Å². The zero-order valence-corrected chi connectivity index (χ0v) is 15.9. The van der Waals surface area contributed by atoms with E-state index in [-0.39, 0.29) is 6.10 Å². The lowest BCUT2D eigenvalue weighted by molar-refractivity contribution is 0.0962. The van der Waals surface area contributed by atoms with Gasteiger partial charge in [-0.15, -0.1) is 0 Å². The molecular weight excluding hydrogens is 348 g/mol. The minimum Gasteiger partial charge on any atom is -0.485 e. The molecule has 1 fully saturated rings. The number of nitrogens with zero attached hydrogens (tertiary/aromatic N) is 2. The SMILES string of the molecule is Cc1cccc(OCc2nc3cc(Cl)ccc3n2CC2CCCO2)c1C. The molecule has 1 aromatic heterocycles. The van der Waals surface area contributed by atoms with E-state index >= 15 is 0 Å². The number of aromatic nitrogens is 2. The topological polar surface area (TPSA) is 36.3 Å². The van der Waals surface area contributed by atoms with E-state index in [2.05, 4.69) is 24.5 Å². The van der Waals surface area contributed by atoms with E-state index in [1.165, 1.54) is 5.56 Å². The molecule has 0 amide bonds. The number of halogens is 1. The number of ether oxygens (including phenoxy) is 2. The Morgan fingerprint density at radius 2 is 2.15 bits per heavy atom. The molecule has 0 radical (unpaired) electrons. The van der Waals surface area contributed by atoms with Crippen molar-refractivity contribution in [3.05, 3.63) is 58.4 Å². The highest BCUT2D eigenvalue weighted by molar-refractivity contribution is 6.31. The van der Waals surface area contributed by atoms with Crippen LogP contribution in [0.15, 0.2) is 36.4 Å². The second-order valence-corrected chi connectivity index (χ2v) is 7.33. The third kappa shape index (κ3) is 3.44. The van der Waals surface area contributed by atoms with Crippen LogP contribution in [0.25, 0.3) is 11.0 Å². The van der Waals surface area contributed by atoms with Crippen LogP contribution in [0, 0.1) is 13.8 Å². The fourth-order valence-corrected chi connectivity index (χ4v) is 3.65. The molecule has 1 aliphatic rings. The molecule has 0 aliphatic carbocycles. The van der Waals surface area contributed by atoms with Crippen molar-refractivity contribution >= 4 is 22.6 Å². The van der Waals surface area contributed by atoms with Gasteiger partial charge in [0.15, 0.2) is 0 Å². The highest BCUT2D eigenvalue weighted by Gasteiger charge is 2.20. The van der Waals surface area contributed by atoms with E-state index < -0.39 is 0 Å². The highest BCUT2D eigenvalue weighted by atomic mass is 35.5. The summed E-state index contributed by atoms with van der Waals surface area (Å²) in [6.45, 7) is 6.24. The summed E-state index contributed by atoms with van der Waals surface area (Å²) in [7, 11) is 0. The average molecular weight is 371 g/mol. The van der Waals surface area contributed by atoms with Crippen LogP contribution in [-0.4, -0.2) is 22.3 Å². The molecule has 5 heteroatoms. The van der Waals surface area contributed by atoms with Crippen molar-refractivity contribution in [3.63, 3.8) is 0 Å². The molecule has 2 heterocycles. The fraction of sp³-hybridized carbons (Fsp3) is 0.381. The first kappa shape index (κ1) is 17.4. The van der Waals surface area contributed by atoms with Crippen LogP contribution in [0.3, 0.4) is 0 Å². The van der Waals surface area contributed by atoms with Crippen LogP contribution in [0.4, 0.5) is 0 Å². The lowest BCUT2D eigenvalue weighted by Crippen LogP contribution is -2.18. The monoisotopic (exact) mass is 370 g/mol. The molecule has 1 aliphatic heterocycles. The summed E-state index contributed by atoms with van der Waals surface area (Å²) in [6, 6.07) is 12.0. The first-order valence-corrected chi connectivity index (χ1v) is 9.45. The summed E-state index contributed by atoms with van der Waals surface area (Å²) in [6.07, 6.45) is 2.45. The lowest BCUT2D eigenvalue weighted by atomic mass is 10.1. The van der Waals surface area contributed by atoms with Gasteiger partial charge >= 0.3 is 0 Å². The van der Waals surface area contributed by atoms with E-state index in [0.29, 0.717) is 11.6 Å². The molecule has 0 bridgehead atoms. The molecule has 26 heavy (non-hydrogen) atoms. The standard InChI is InChI=1S/C21H23ClN2O2/c1-14-5-3-7-20(15(14)2)26-13-21-23-18-11-16(22)8-9-19(18)24(21)12-17-6-4-10-25-17/h3,5,7-9,11,17H,4,6,10,12-13H2,1-2H3. The number of hydrogen-bond acceptors (Lipinski definition) is 3. The van der Waals surface area contributed by atoms with Crippen molar-refractivity contribution in [2.24, 2.45) is 0 Å². The maximum atomic E-state index is 6.16. The smallest absolute Gasteiger partial charge is 0.148 e. The highest BCUT2D eigenvalue weighted by Crippen LogP contribution is 2.26. The molecular formula is C21H23ClN2O2. The second kappa shape index (κ2) is 7.29. The molecule has 3 aromatic rings. The predicted molar refractivity (Wildman–Crippen MR) is 104 cm³/mol. The van der Waals surface area contributed by atoms with E-state index in [9.17, 15) is 0 Å². The Morgan fingerprint density at radius 1 is 1.27 bits per heavy atom. The normalized spacial score (nSPS) is 17.1. The summed E-state index contributed by atoms with van der Waals surface area (Å²) in [5, 5.41) is 0.696. The molecule has 0 saturated carbocycles. The van der Waals surface area contributed by atoms with Crippen molar-refractivity contribution in [1.82, 2.24) is 9.55 Å². The zero-order valence-electron chi connectivity index (χ0n) is 15.2. The van der Waals surface area contributed by atoms with E-state index in [4.69, 9.17) is 26.1 Å². The molecule has 1 unspecified atom stereocenters. The van der Waals surface area contributed by atoms with Gasteiger partial charge in [-0.05, 0) is 62.1 Å². The fourth-order valence-electron chi connectivity index (χ4n) is 3.48. The molecule has 2 aromatic carbocycles. The van der Waals surface area contributed by atoms with Crippen LogP contribution in [0.5, 0.6) is 5.75 Å².